The number of hydrogen-bond acceptors (Lipinski definition) is 4. The van der Waals surface area contributed by atoms with Crippen LogP contribution >= 0.6 is 0 Å². The molecule has 2 aromatic heterocycles. The van der Waals surface area contributed by atoms with Crippen LogP contribution in [0.3, 0.4) is 0 Å². The Kier molecular flexibility index (Phi) is 4.88. The molecule has 0 spiro atoms. The smallest absolute Gasteiger partial charge is 0.336 e. The van der Waals surface area contributed by atoms with Gasteiger partial charge in [-0.1, -0.05) is 18.2 Å². The van der Waals surface area contributed by atoms with Gasteiger partial charge in [0.25, 0.3) is 0 Å². The lowest BCUT2D eigenvalue weighted by Crippen LogP contribution is -2.24. The van der Waals surface area contributed by atoms with Gasteiger partial charge in [-0.25, -0.2) is 4.79 Å². The molecule has 0 aliphatic carbocycles. The van der Waals surface area contributed by atoms with Crippen molar-refractivity contribution in [3.8, 4) is 11.3 Å². The summed E-state index contributed by atoms with van der Waals surface area (Å²) in [7, 11) is 0. The molecule has 6 heteroatoms. The molecule has 3 aromatic rings. The number of pyridine rings is 1. The van der Waals surface area contributed by atoms with Gasteiger partial charge < -0.3 is 14.5 Å². The van der Waals surface area contributed by atoms with E-state index in [9.17, 15) is 14.7 Å². The summed E-state index contributed by atoms with van der Waals surface area (Å²) in [6.07, 6.45) is 2.03. The van der Waals surface area contributed by atoms with Gasteiger partial charge in [-0.2, -0.15) is 0 Å². The first kappa shape index (κ1) is 18.3. The molecule has 2 N–H and O–H groups in total. The molecule has 6 nitrogen and oxygen atoms in total. The van der Waals surface area contributed by atoms with Gasteiger partial charge in [0.15, 0.2) is 5.43 Å². The van der Waals surface area contributed by atoms with E-state index in [4.69, 9.17) is 4.42 Å². The van der Waals surface area contributed by atoms with Crippen LogP contribution < -0.4 is 5.43 Å². The number of aryl methyl sites for hydroxylation is 1. The van der Waals surface area contributed by atoms with Crippen LogP contribution in [0, 0.1) is 6.92 Å². The maximum absolute atomic E-state index is 11.9. The second kappa shape index (κ2) is 7.48. The molecule has 0 radical (unpaired) electrons. The van der Waals surface area contributed by atoms with Crippen LogP contribution in [0.15, 0.2) is 57.7 Å². The van der Waals surface area contributed by atoms with Gasteiger partial charge in [0.1, 0.15) is 11.5 Å². The summed E-state index contributed by atoms with van der Waals surface area (Å²) >= 11 is 0. The van der Waals surface area contributed by atoms with Crippen LogP contribution in [-0.4, -0.2) is 27.5 Å². The van der Waals surface area contributed by atoms with Crippen molar-refractivity contribution in [2.45, 2.75) is 32.4 Å². The van der Waals surface area contributed by atoms with Crippen molar-refractivity contribution in [2.24, 2.45) is 0 Å². The standard InChI is InChI=1S/C22H22N2O4/c1-14-11-15(25)12-19(23-14)20-7-4-10-24(20)13-16-8-9-21(28-16)17-5-2-3-6-18(17)22(26)27/h2-3,5-6,8-9,11-12,20H,4,7,10,13H2,1H3,(H,23,25)(H,26,27)/t20-/m0/s1. The van der Waals surface area contributed by atoms with E-state index in [1.807, 2.05) is 19.1 Å². The van der Waals surface area contributed by atoms with Crippen LogP contribution in [0.1, 0.15) is 46.4 Å². The molecule has 1 aliphatic rings. The number of likely N-dealkylation sites (tertiary alicyclic amines) is 1. The SMILES string of the molecule is Cc1cc(=O)cc([C@@H]2CCCN2Cc2ccc(-c3ccccc3C(=O)O)o2)[nH]1. The zero-order valence-electron chi connectivity index (χ0n) is 15.6. The molecule has 0 saturated carbocycles. The average molecular weight is 378 g/mol. The van der Waals surface area contributed by atoms with E-state index in [1.165, 1.54) is 0 Å². The van der Waals surface area contributed by atoms with Crippen molar-refractivity contribution in [3.63, 3.8) is 0 Å². The first-order valence-electron chi connectivity index (χ1n) is 9.37. The van der Waals surface area contributed by atoms with Crippen LogP contribution in [0.5, 0.6) is 0 Å². The molecule has 0 unspecified atom stereocenters. The molecule has 1 saturated heterocycles. The monoisotopic (exact) mass is 378 g/mol. The zero-order valence-corrected chi connectivity index (χ0v) is 15.6. The Balaban J connectivity index is 1.57. The van der Waals surface area contributed by atoms with Crippen LogP contribution in [-0.2, 0) is 6.54 Å². The number of aromatic nitrogens is 1. The fourth-order valence-corrected chi connectivity index (χ4v) is 3.95. The first-order valence-corrected chi connectivity index (χ1v) is 9.37. The lowest BCUT2D eigenvalue weighted by atomic mass is 10.1. The molecular weight excluding hydrogens is 356 g/mol. The van der Waals surface area contributed by atoms with Gasteiger partial charge in [0.05, 0.1) is 18.2 Å². The van der Waals surface area contributed by atoms with Crippen molar-refractivity contribution in [3.05, 3.63) is 81.5 Å². The van der Waals surface area contributed by atoms with Gasteiger partial charge >= 0.3 is 5.97 Å². The van der Waals surface area contributed by atoms with Gasteiger partial charge in [0.2, 0.25) is 0 Å². The minimum absolute atomic E-state index is 0.0173. The number of benzene rings is 1. The highest BCUT2D eigenvalue weighted by Gasteiger charge is 2.28. The van der Waals surface area contributed by atoms with Crippen LogP contribution in [0.2, 0.25) is 0 Å². The van der Waals surface area contributed by atoms with E-state index in [2.05, 4.69) is 9.88 Å². The number of furan rings is 1. The molecule has 1 aromatic carbocycles. The highest BCUT2D eigenvalue weighted by molar-refractivity contribution is 5.95. The lowest BCUT2D eigenvalue weighted by Gasteiger charge is -2.23. The van der Waals surface area contributed by atoms with Gasteiger partial charge in [0, 0.05) is 29.1 Å². The normalized spacial score (nSPS) is 17.1. The summed E-state index contributed by atoms with van der Waals surface area (Å²) in [5.41, 5.74) is 2.61. The summed E-state index contributed by atoms with van der Waals surface area (Å²) in [5.74, 6) is 0.348. The third kappa shape index (κ3) is 3.64. The van der Waals surface area contributed by atoms with Gasteiger partial charge in [-0.05, 0) is 44.5 Å². The highest BCUT2D eigenvalue weighted by atomic mass is 16.4. The fraction of sp³-hybridized carbons (Fsp3) is 0.273. The maximum Gasteiger partial charge on any atom is 0.336 e. The number of H-pyrrole nitrogens is 1. The van der Waals surface area contributed by atoms with Crippen molar-refractivity contribution in [1.29, 1.82) is 0 Å². The van der Waals surface area contributed by atoms with Crippen molar-refractivity contribution < 1.29 is 14.3 Å². The lowest BCUT2D eigenvalue weighted by molar-refractivity contribution is 0.0697. The molecule has 0 amide bonds. The van der Waals surface area contributed by atoms with Crippen molar-refractivity contribution in [1.82, 2.24) is 9.88 Å². The summed E-state index contributed by atoms with van der Waals surface area (Å²) in [5, 5.41) is 9.39. The second-order valence-corrected chi connectivity index (χ2v) is 7.20. The third-order valence-corrected chi connectivity index (χ3v) is 5.16. The number of rotatable bonds is 5. The Morgan fingerprint density at radius 1 is 1.25 bits per heavy atom. The Morgan fingerprint density at radius 3 is 2.86 bits per heavy atom. The fourth-order valence-electron chi connectivity index (χ4n) is 3.95. The maximum atomic E-state index is 11.9. The van der Waals surface area contributed by atoms with E-state index < -0.39 is 5.97 Å². The predicted molar refractivity (Wildman–Crippen MR) is 105 cm³/mol. The molecule has 4 rings (SSSR count). The largest absolute Gasteiger partial charge is 0.478 e. The van der Waals surface area contributed by atoms with E-state index >= 15 is 0 Å². The molecule has 0 bridgehead atoms. The molecule has 1 fully saturated rings. The number of aromatic amines is 1. The second-order valence-electron chi connectivity index (χ2n) is 7.20. The molecule has 28 heavy (non-hydrogen) atoms. The summed E-state index contributed by atoms with van der Waals surface area (Å²) in [4.78, 5) is 28.9. The third-order valence-electron chi connectivity index (χ3n) is 5.16. The average Bonchev–Trinajstić information content (AvgIpc) is 3.31. The first-order chi connectivity index (χ1) is 13.5. The van der Waals surface area contributed by atoms with Crippen LogP contribution in [0.25, 0.3) is 11.3 Å². The Hall–Kier alpha value is -3.12. The summed E-state index contributed by atoms with van der Waals surface area (Å²) in [6, 6.07) is 14.0. The van der Waals surface area contributed by atoms with Crippen molar-refractivity contribution in [2.75, 3.05) is 6.54 Å². The number of nitrogens with one attached hydrogen (secondary N) is 1. The molecule has 1 atom stereocenters. The minimum atomic E-state index is -0.975. The molecule has 3 heterocycles. The highest BCUT2D eigenvalue weighted by Crippen LogP contribution is 2.33. The minimum Gasteiger partial charge on any atom is -0.478 e. The molecule has 144 valence electrons. The number of hydrogen-bond donors (Lipinski definition) is 2. The van der Waals surface area contributed by atoms with Crippen molar-refractivity contribution >= 4 is 5.97 Å². The quantitative estimate of drug-likeness (QED) is 0.701. The number of carboxylic acids is 1. The Labute approximate surface area is 162 Å². The van der Waals surface area contributed by atoms with E-state index in [0.717, 1.165) is 36.5 Å². The number of nitrogens with zero attached hydrogens (tertiary/aromatic N) is 1. The topological polar surface area (TPSA) is 86.5 Å². The van der Waals surface area contributed by atoms with Gasteiger partial charge in [-0.3, -0.25) is 9.69 Å². The number of carboxylic acid groups (broad SMARTS) is 1. The summed E-state index contributed by atoms with van der Waals surface area (Å²) < 4.78 is 5.98. The Bertz CT molecular complexity index is 1070. The predicted octanol–water partition coefficient (Wildman–Crippen LogP) is 3.98. The number of carbonyl (C=O) groups is 1. The molecule has 1 aliphatic heterocycles. The van der Waals surface area contributed by atoms with E-state index in [1.54, 1.807) is 36.4 Å². The van der Waals surface area contributed by atoms with E-state index in [-0.39, 0.29) is 17.0 Å². The van der Waals surface area contributed by atoms with Gasteiger partial charge in [-0.15, -0.1) is 0 Å². The van der Waals surface area contributed by atoms with Crippen LogP contribution in [0.4, 0.5) is 0 Å². The zero-order chi connectivity index (χ0) is 19.7. The Morgan fingerprint density at radius 2 is 2.07 bits per heavy atom. The van der Waals surface area contributed by atoms with E-state index in [0.29, 0.717) is 17.9 Å². The summed E-state index contributed by atoms with van der Waals surface area (Å²) in [6.45, 7) is 3.42. The molecular formula is C22H22N2O4. The number of aromatic carboxylic acids is 1.